The monoisotopic (exact) mass is 312 g/mol. The summed E-state index contributed by atoms with van der Waals surface area (Å²) in [4.78, 5) is 19.1. The molecule has 1 heterocycles. The van der Waals surface area contributed by atoms with Gasteiger partial charge in [-0.2, -0.15) is 0 Å². The van der Waals surface area contributed by atoms with Crippen LogP contribution >= 0.6 is 11.6 Å². The maximum atomic E-state index is 12.0. The van der Waals surface area contributed by atoms with Crippen molar-refractivity contribution in [1.29, 1.82) is 0 Å². The highest BCUT2D eigenvalue weighted by molar-refractivity contribution is 6.50. The number of aromatic amines is 1. The first-order valence-corrected chi connectivity index (χ1v) is 7.06. The van der Waals surface area contributed by atoms with E-state index < -0.39 is 0 Å². The molecule has 0 amide bonds. The highest BCUT2D eigenvalue weighted by atomic mass is 35.5. The molecule has 1 N–H and O–H groups in total. The average molecular weight is 313 g/mol. The van der Waals surface area contributed by atoms with Gasteiger partial charge in [0.25, 0.3) is 5.56 Å². The second-order valence-electron chi connectivity index (χ2n) is 4.70. The molecule has 0 bridgehead atoms. The molecule has 0 spiro atoms. The number of rotatable bonds is 3. The number of nitrogens with zero attached hydrogens (tertiary/aromatic N) is 1. The molecule has 0 saturated heterocycles. The van der Waals surface area contributed by atoms with Gasteiger partial charge < -0.3 is 9.72 Å². The largest absolute Gasteiger partial charge is 0.497 e. The smallest absolute Gasteiger partial charge is 0.259 e. The molecule has 3 aromatic rings. The zero-order chi connectivity index (χ0) is 15.5. The predicted molar refractivity (Wildman–Crippen MR) is 89.1 cm³/mol. The molecule has 0 radical (unpaired) electrons. The summed E-state index contributed by atoms with van der Waals surface area (Å²) in [6, 6.07) is 14.6. The quantitative estimate of drug-likeness (QED) is 0.803. The van der Waals surface area contributed by atoms with Crippen LogP contribution in [0.1, 0.15) is 11.4 Å². The van der Waals surface area contributed by atoms with Gasteiger partial charge in [-0.05, 0) is 35.9 Å². The molecule has 3 rings (SSSR count). The van der Waals surface area contributed by atoms with E-state index in [1.807, 2.05) is 30.3 Å². The van der Waals surface area contributed by atoms with Crippen LogP contribution in [-0.4, -0.2) is 17.1 Å². The van der Waals surface area contributed by atoms with Crippen LogP contribution in [0.4, 0.5) is 0 Å². The minimum absolute atomic E-state index is 0.207. The van der Waals surface area contributed by atoms with E-state index in [0.717, 1.165) is 11.3 Å². The number of benzene rings is 2. The summed E-state index contributed by atoms with van der Waals surface area (Å²) in [6.07, 6.45) is 1.74. The lowest BCUT2D eigenvalue weighted by molar-refractivity contribution is 0.415. The summed E-state index contributed by atoms with van der Waals surface area (Å²) >= 11 is 6.28. The Balaban J connectivity index is 2.02. The maximum absolute atomic E-state index is 12.0. The molecular weight excluding hydrogens is 300 g/mol. The summed E-state index contributed by atoms with van der Waals surface area (Å²) in [6.45, 7) is 0. The number of hydrogen-bond acceptors (Lipinski definition) is 3. The van der Waals surface area contributed by atoms with Crippen molar-refractivity contribution in [2.24, 2.45) is 0 Å². The number of hydrogen-bond donors (Lipinski definition) is 1. The summed E-state index contributed by atoms with van der Waals surface area (Å²) in [5.74, 6) is 1.12. The highest BCUT2D eigenvalue weighted by Crippen LogP contribution is 2.21. The third kappa shape index (κ3) is 2.87. The van der Waals surface area contributed by atoms with Crippen LogP contribution in [0.5, 0.6) is 5.75 Å². The normalized spacial score (nSPS) is 11.6. The van der Waals surface area contributed by atoms with Crippen LogP contribution in [0.15, 0.2) is 53.3 Å². The van der Waals surface area contributed by atoms with Crippen molar-refractivity contribution in [2.45, 2.75) is 0 Å². The molecule has 5 heteroatoms. The Hall–Kier alpha value is -2.59. The Morgan fingerprint density at radius 3 is 2.64 bits per heavy atom. The Kier molecular flexibility index (Phi) is 3.94. The standard InChI is InChI=1S/C17H13ClN2O2/c1-22-12-8-6-11(7-9-12)10-14(18)16-19-15-5-3-2-4-13(15)17(21)20-16/h2-10H,1H3,(H,19,20,21). The molecule has 110 valence electrons. The number of methoxy groups -OCH3 is 1. The van der Waals surface area contributed by atoms with Crippen LogP contribution in [0.2, 0.25) is 0 Å². The topological polar surface area (TPSA) is 55.0 Å². The minimum atomic E-state index is -0.207. The number of nitrogens with one attached hydrogen (secondary N) is 1. The molecule has 0 unspecified atom stereocenters. The Morgan fingerprint density at radius 2 is 1.91 bits per heavy atom. The van der Waals surface area contributed by atoms with Gasteiger partial charge >= 0.3 is 0 Å². The van der Waals surface area contributed by atoms with Crippen molar-refractivity contribution in [2.75, 3.05) is 7.11 Å². The Morgan fingerprint density at radius 1 is 1.18 bits per heavy atom. The number of fused-ring (bicyclic) bond motifs is 1. The van der Waals surface area contributed by atoms with Crippen molar-refractivity contribution >= 4 is 33.6 Å². The third-order valence-corrected chi connectivity index (χ3v) is 3.54. The molecule has 0 aliphatic carbocycles. The molecule has 0 saturated carbocycles. The molecule has 0 aliphatic heterocycles. The van der Waals surface area contributed by atoms with Gasteiger partial charge in [-0.1, -0.05) is 35.9 Å². The van der Waals surface area contributed by atoms with E-state index in [1.54, 1.807) is 31.4 Å². The second-order valence-corrected chi connectivity index (χ2v) is 5.10. The van der Waals surface area contributed by atoms with Crippen molar-refractivity contribution in [3.05, 3.63) is 70.3 Å². The first-order valence-electron chi connectivity index (χ1n) is 6.68. The van der Waals surface area contributed by atoms with E-state index in [0.29, 0.717) is 21.8 Å². The highest BCUT2D eigenvalue weighted by Gasteiger charge is 2.06. The van der Waals surface area contributed by atoms with Crippen LogP contribution < -0.4 is 10.3 Å². The van der Waals surface area contributed by atoms with Gasteiger partial charge in [-0.15, -0.1) is 0 Å². The van der Waals surface area contributed by atoms with Crippen LogP contribution in [0, 0.1) is 0 Å². The molecular formula is C17H13ClN2O2. The number of aromatic nitrogens is 2. The zero-order valence-electron chi connectivity index (χ0n) is 11.8. The minimum Gasteiger partial charge on any atom is -0.497 e. The fourth-order valence-electron chi connectivity index (χ4n) is 2.11. The summed E-state index contributed by atoms with van der Waals surface area (Å²) in [5, 5.41) is 0.910. The lowest BCUT2D eigenvalue weighted by atomic mass is 10.2. The first-order chi connectivity index (χ1) is 10.7. The molecule has 0 atom stereocenters. The zero-order valence-corrected chi connectivity index (χ0v) is 12.6. The van der Waals surface area contributed by atoms with E-state index in [1.165, 1.54) is 0 Å². The molecule has 2 aromatic carbocycles. The van der Waals surface area contributed by atoms with Gasteiger partial charge in [-0.25, -0.2) is 4.98 Å². The molecule has 1 aromatic heterocycles. The van der Waals surface area contributed by atoms with E-state index in [2.05, 4.69) is 9.97 Å². The molecule has 4 nitrogen and oxygen atoms in total. The van der Waals surface area contributed by atoms with Crippen molar-refractivity contribution in [3.8, 4) is 5.75 Å². The lowest BCUT2D eigenvalue weighted by Crippen LogP contribution is -2.10. The van der Waals surface area contributed by atoms with Crippen molar-refractivity contribution in [3.63, 3.8) is 0 Å². The Bertz CT molecular complexity index is 898. The predicted octanol–water partition coefficient (Wildman–Crippen LogP) is 3.67. The first kappa shape index (κ1) is 14.4. The number of para-hydroxylation sites is 1. The lowest BCUT2D eigenvalue weighted by Gasteiger charge is -2.03. The van der Waals surface area contributed by atoms with E-state index in [9.17, 15) is 4.79 Å². The van der Waals surface area contributed by atoms with Crippen molar-refractivity contribution in [1.82, 2.24) is 9.97 Å². The van der Waals surface area contributed by atoms with E-state index in [-0.39, 0.29) is 5.56 Å². The van der Waals surface area contributed by atoms with E-state index >= 15 is 0 Å². The molecule has 0 fully saturated rings. The van der Waals surface area contributed by atoms with Gasteiger partial charge in [0, 0.05) is 0 Å². The SMILES string of the molecule is COc1ccc(C=C(Cl)c2nc3ccccc3c(=O)[nH]2)cc1. The molecule has 22 heavy (non-hydrogen) atoms. The van der Waals surface area contributed by atoms with Gasteiger partial charge in [0.2, 0.25) is 0 Å². The summed E-state index contributed by atoms with van der Waals surface area (Å²) < 4.78 is 5.11. The second kappa shape index (κ2) is 6.03. The van der Waals surface area contributed by atoms with E-state index in [4.69, 9.17) is 16.3 Å². The number of halogens is 1. The van der Waals surface area contributed by atoms with Crippen molar-refractivity contribution < 1.29 is 4.74 Å². The maximum Gasteiger partial charge on any atom is 0.259 e. The van der Waals surface area contributed by atoms with Gasteiger partial charge in [0.05, 0.1) is 23.0 Å². The summed E-state index contributed by atoms with van der Waals surface area (Å²) in [7, 11) is 1.61. The number of H-pyrrole nitrogens is 1. The summed E-state index contributed by atoms with van der Waals surface area (Å²) in [5.41, 5.74) is 1.30. The third-order valence-electron chi connectivity index (χ3n) is 3.25. The van der Waals surface area contributed by atoms with Crippen LogP contribution in [0.25, 0.3) is 22.0 Å². The number of ether oxygens (including phenoxy) is 1. The molecule has 0 aliphatic rings. The van der Waals surface area contributed by atoms with Crippen LogP contribution in [0.3, 0.4) is 0 Å². The Labute approximate surface area is 132 Å². The van der Waals surface area contributed by atoms with Gasteiger partial charge in [-0.3, -0.25) is 4.79 Å². The van der Waals surface area contributed by atoms with Gasteiger partial charge in [0.1, 0.15) is 5.75 Å². The fraction of sp³-hybridized carbons (Fsp3) is 0.0588. The fourth-order valence-corrected chi connectivity index (χ4v) is 2.33. The van der Waals surface area contributed by atoms with Gasteiger partial charge in [0.15, 0.2) is 5.82 Å². The van der Waals surface area contributed by atoms with Crippen LogP contribution in [-0.2, 0) is 0 Å². The average Bonchev–Trinajstić information content (AvgIpc) is 2.55.